The second kappa shape index (κ2) is 15.4. The summed E-state index contributed by atoms with van der Waals surface area (Å²) in [6.07, 6.45) is 4.00. The molecule has 0 saturated heterocycles. The van der Waals surface area contributed by atoms with Gasteiger partial charge in [-0.05, 0) is 179 Å². The molecule has 0 spiro atoms. The van der Waals surface area contributed by atoms with Crippen LogP contribution in [0.15, 0.2) is 218 Å². The molecule has 3 aliphatic rings. The van der Waals surface area contributed by atoms with Gasteiger partial charge in [0.2, 0.25) is 0 Å². The summed E-state index contributed by atoms with van der Waals surface area (Å²) in [5.74, 6) is 0. The number of nitrogens with zero attached hydrogens (tertiary/aromatic N) is 2. The molecule has 0 bridgehead atoms. The van der Waals surface area contributed by atoms with Crippen molar-refractivity contribution in [3.8, 4) is 33.4 Å². The Morgan fingerprint density at radius 3 is 1.35 bits per heavy atom. The van der Waals surface area contributed by atoms with Crippen LogP contribution in [0.4, 0.5) is 34.1 Å². The van der Waals surface area contributed by atoms with Gasteiger partial charge in [-0.15, -0.1) is 0 Å². The first kappa shape index (κ1) is 39.9. The van der Waals surface area contributed by atoms with E-state index in [1.807, 2.05) is 0 Å². The lowest BCUT2D eigenvalue weighted by molar-refractivity contribution is 0.660. The topological polar surface area (TPSA) is 6.48 Å². The smallest absolute Gasteiger partial charge is 0.0493 e. The zero-order valence-electron chi connectivity index (χ0n) is 39.0. The molecule has 69 heavy (non-hydrogen) atoms. The molecule has 11 aromatic carbocycles. The number of rotatable bonds is 4. The first-order valence-corrected chi connectivity index (χ1v) is 24.7. The van der Waals surface area contributed by atoms with Crippen LogP contribution in [-0.2, 0) is 31.1 Å². The van der Waals surface area contributed by atoms with Gasteiger partial charge >= 0.3 is 0 Å². The van der Waals surface area contributed by atoms with Crippen LogP contribution >= 0.6 is 0 Å². The van der Waals surface area contributed by atoms with Gasteiger partial charge in [0.25, 0.3) is 0 Å². The fourth-order valence-corrected chi connectivity index (χ4v) is 12.5. The maximum atomic E-state index is 2.53. The average Bonchev–Trinajstić information content (AvgIpc) is 3.50. The molecule has 0 aromatic heterocycles. The van der Waals surface area contributed by atoms with Crippen molar-refractivity contribution in [2.45, 2.75) is 44.9 Å². The van der Waals surface area contributed by atoms with Gasteiger partial charge in [-0.3, -0.25) is 0 Å². The van der Waals surface area contributed by atoms with Crippen molar-refractivity contribution in [2.75, 3.05) is 9.80 Å². The van der Waals surface area contributed by atoms with E-state index in [1.54, 1.807) is 0 Å². The SMILES string of the molecule is CC1(C)c2ccccc2-c2c(-c3c4ccc(N5c6ccccc6CCc6ccccc65)cc4c(-c4ccc5ccccc5c4)c4ccc(N5c6ccccc6CCc6ccccc65)cc34)cccc21. The van der Waals surface area contributed by atoms with Crippen LogP contribution in [0.2, 0.25) is 0 Å². The average molecular weight is 883 g/mol. The Morgan fingerprint density at radius 1 is 0.319 bits per heavy atom. The van der Waals surface area contributed by atoms with E-state index in [0.29, 0.717) is 0 Å². The summed E-state index contributed by atoms with van der Waals surface area (Å²) < 4.78 is 0. The zero-order chi connectivity index (χ0) is 45.8. The van der Waals surface area contributed by atoms with Gasteiger partial charge < -0.3 is 9.80 Å². The van der Waals surface area contributed by atoms with E-state index in [4.69, 9.17) is 0 Å². The normalized spacial score (nSPS) is 14.3. The molecule has 0 saturated carbocycles. The third-order valence-corrected chi connectivity index (χ3v) is 15.8. The molecule has 0 atom stereocenters. The highest BCUT2D eigenvalue weighted by Crippen LogP contribution is 2.56. The second-order valence-corrected chi connectivity index (χ2v) is 19.9. The predicted octanol–water partition coefficient (Wildman–Crippen LogP) is 17.9. The van der Waals surface area contributed by atoms with Crippen LogP contribution in [0.25, 0.3) is 65.7 Å². The molecule has 0 N–H and O–H groups in total. The Labute approximate surface area is 404 Å². The highest BCUT2D eigenvalue weighted by molar-refractivity contribution is 6.24. The van der Waals surface area contributed by atoms with Gasteiger partial charge in [0.05, 0.1) is 0 Å². The molecule has 2 heteroatoms. The van der Waals surface area contributed by atoms with Crippen molar-refractivity contribution in [3.63, 3.8) is 0 Å². The number of hydrogen-bond acceptors (Lipinski definition) is 2. The molecule has 328 valence electrons. The zero-order valence-corrected chi connectivity index (χ0v) is 39.0. The van der Waals surface area contributed by atoms with E-state index in [2.05, 4.69) is 242 Å². The van der Waals surface area contributed by atoms with Crippen LogP contribution in [-0.4, -0.2) is 0 Å². The fourth-order valence-electron chi connectivity index (χ4n) is 12.5. The lowest BCUT2D eigenvalue weighted by Gasteiger charge is -2.29. The number of fused-ring (bicyclic) bond motifs is 10. The summed E-state index contributed by atoms with van der Waals surface area (Å²) in [5.41, 5.74) is 23.1. The summed E-state index contributed by atoms with van der Waals surface area (Å²) in [4.78, 5) is 5.06. The van der Waals surface area contributed by atoms with Crippen molar-refractivity contribution in [1.82, 2.24) is 0 Å². The van der Waals surface area contributed by atoms with Gasteiger partial charge in [-0.1, -0.05) is 178 Å². The molecule has 2 heterocycles. The van der Waals surface area contributed by atoms with E-state index in [9.17, 15) is 0 Å². The van der Waals surface area contributed by atoms with Crippen LogP contribution < -0.4 is 9.80 Å². The molecule has 0 unspecified atom stereocenters. The van der Waals surface area contributed by atoms with Gasteiger partial charge in [-0.25, -0.2) is 0 Å². The Balaban J connectivity index is 1.14. The summed E-state index contributed by atoms with van der Waals surface area (Å²) >= 11 is 0. The minimum absolute atomic E-state index is 0.149. The molecule has 0 fully saturated rings. The quantitative estimate of drug-likeness (QED) is 0.163. The molecule has 1 aliphatic carbocycles. The number of benzene rings is 11. The summed E-state index contributed by atoms with van der Waals surface area (Å²) in [6, 6.07) is 82.8. The van der Waals surface area contributed by atoms with E-state index in [0.717, 1.165) is 37.1 Å². The summed E-state index contributed by atoms with van der Waals surface area (Å²) in [6.45, 7) is 4.80. The number of anilines is 6. The van der Waals surface area contributed by atoms with Gasteiger partial charge in [0.1, 0.15) is 0 Å². The highest BCUT2D eigenvalue weighted by Gasteiger charge is 2.37. The van der Waals surface area contributed by atoms with Crippen molar-refractivity contribution >= 4 is 66.4 Å². The third-order valence-electron chi connectivity index (χ3n) is 15.8. The largest absolute Gasteiger partial charge is 0.310 e. The molecule has 11 aromatic rings. The number of hydrogen-bond donors (Lipinski definition) is 0. The monoisotopic (exact) mass is 882 g/mol. The van der Waals surface area contributed by atoms with E-state index in [-0.39, 0.29) is 5.41 Å². The molecule has 2 nitrogen and oxygen atoms in total. The van der Waals surface area contributed by atoms with Crippen molar-refractivity contribution in [2.24, 2.45) is 0 Å². The fraction of sp³-hybridized carbons (Fsp3) is 0.104. The Hall–Kier alpha value is -8.20. The van der Waals surface area contributed by atoms with Crippen LogP contribution in [0.3, 0.4) is 0 Å². The first-order chi connectivity index (χ1) is 34.0. The standard InChI is InChI=1S/C67H50N2/c1-67(2)58-24-10-9-22-54(58)66-55(23-15-25-59(66)67)65-53-39-37-50(68-60-26-11-5-17-44(60)31-32-45-18-6-12-27-61(45)68)41-56(53)64(49-35-30-43-16-3-4-21-48(43)40-49)52-38-36-51(42-57(52)65)69-62-28-13-7-19-46(62)33-34-47-20-8-14-29-63(47)69/h3-30,35-42H,31-34H2,1-2H3. The molecule has 2 aliphatic heterocycles. The van der Waals surface area contributed by atoms with E-state index >= 15 is 0 Å². The van der Waals surface area contributed by atoms with Crippen LogP contribution in [0.5, 0.6) is 0 Å². The van der Waals surface area contributed by atoms with Crippen molar-refractivity contribution < 1.29 is 0 Å². The molecule has 14 rings (SSSR count). The van der Waals surface area contributed by atoms with E-state index in [1.165, 1.54) is 122 Å². The third kappa shape index (κ3) is 6.11. The summed E-state index contributed by atoms with van der Waals surface area (Å²) in [5, 5.41) is 7.45. The number of para-hydroxylation sites is 4. The maximum Gasteiger partial charge on any atom is 0.0493 e. The Bertz CT molecular complexity index is 3820. The van der Waals surface area contributed by atoms with Gasteiger partial charge in [-0.2, -0.15) is 0 Å². The van der Waals surface area contributed by atoms with E-state index < -0.39 is 0 Å². The Morgan fingerprint density at radius 2 is 0.768 bits per heavy atom. The highest BCUT2D eigenvalue weighted by atomic mass is 15.2. The molecule has 0 amide bonds. The first-order valence-electron chi connectivity index (χ1n) is 24.7. The minimum Gasteiger partial charge on any atom is -0.310 e. The van der Waals surface area contributed by atoms with Crippen LogP contribution in [0, 0.1) is 0 Å². The molecular formula is C67H50N2. The van der Waals surface area contributed by atoms with Crippen molar-refractivity contribution in [1.29, 1.82) is 0 Å². The summed E-state index contributed by atoms with van der Waals surface area (Å²) in [7, 11) is 0. The van der Waals surface area contributed by atoms with Gasteiger partial charge in [0, 0.05) is 39.5 Å². The lowest BCUT2D eigenvalue weighted by atomic mass is 9.80. The second-order valence-electron chi connectivity index (χ2n) is 19.9. The number of aryl methyl sites for hydroxylation is 4. The Kier molecular flexibility index (Phi) is 8.92. The maximum absolute atomic E-state index is 2.53. The van der Waals surface area contributed by atoms with Gasteiger partial charge in [0.15, 0.2) is 0 Å². The van der Waals surface area contributed by atoms with Crippen LogP contribution in [0.1, 0.15) is 47.2 Å². The predicted molar refractivity (Wildman–Crippen MR) is 292 cm³/mol. The minimum atomic E-state index is -0.149. The lowest BCUT2D eigenvalue weighted by Crippen LogP contribution is -2.14. The van der Waals surface area contributed by atoms with Crippen molar-refractivity contribution in [3.05, 3.63) is 252 Å². The molecular weight excluding hydrogens is 833 g/mol. The molecule has 0 radical (unpaired) electrons.